The van der Waals surface area contributed by atoms with E-state index in [1.807, 2.05) is 54.3 Å². The van der Waals surface area contributed by atoms with E-state index in [0.717, 1.165) is 47.6 Å². The molecule has 2 amide bonds. The Bertz CT molecular complexity index is 1160. The van der Waals surface area contributed by atoms with Crippen molar-refractivity contribution in [2.24, 2.45) is 0 Å². The lowest BCUT2D eigenvalue weighted by molar-refractivity contribution is -0.134. The van der Waals surface area contributed by atoms with Crippen molar-refractivity contribution in [3.63, 3.8) is 0 Å². The summed E-state index contributed by atoms with van der Waals surface area (Å²) >= 11 is 1.63. The third-order valence-corrected chi connectivity index (χ3v) is 7.74. The van der Waals surface area contributed by atoms with E-state index in [-0.39, 0.29) is 18.0 Å². The number of benzene rings is 3. The Kier molecular flexibility index (Phi) is 10.7. The maximum Gasteiger partial charge on any atom is 0.322 e. The lowest BCUT2D eigenvalue weighted by Gasteiger charge is -2.29. The predicted molar refractivity (Wildman–Crippen MR) is 155 cm³/mol. The molecule has 200 valence electrons. The van der Waals surface area contributed by atoms with Gasteiger partial charge in [0.25, 0.3) is 0 Å². The minimum Gasteiger partial charge on any atom is -0.427 e. The van der Waals surface area contributed by atoms with Gasteiger partial charge in [0.15, 0.2) is 0 Å². The lowest BCUT2D eigenvalue weighted by atomic mass is 9.96. The van der Waals surface area contributed by atoms with Gasteiger partial charge in [-0.05, 0) is 80.1 Å². The first-order valence-corrected chi connectivity index (χ1v) is 14.6. The fourth-order valence-corrected chi connectivity index (χ4v) is 5.62. The number of rotatable bonds is 11. The monoisotopic (exact) mass is 530 g/mol. The molecule has 0 unspecified atom stereocenters. The summed E-state index contributed by atoms with van der Waals surface area (Å²) in [4.78, 5) is 29.2. The Labute approximate surface area is 231 Å². The number of ether oxygens (including phenoxy) is 1. The van der Waals surface area contributed by atoms with Gasteiger partial charge in [-0.25, -0.2) is 4.79 Å². The molecular formula is C32H38N2O3S. The van der Waals surface area contributed by atoms with Gasteiger partial charge in [0.1, 0.15) is 5.75 Å². The van der Waals surface area contributed by atoms with Crippen molar-refractivity contribution in [3.05, 3.63) is 84.4 Å². The highest BCUT2D eigenvalue weighted by atomic mass is 32.2. The van der Waals surface area contributed by atoms with Gasteiger partial charge < -0.3 is 10.1 Å². The number of urea groups is 1. The van der Waals surface area contributed by atoms with Crippen LogP contribution in [-0.2, 0) is 11.2 Å². The normalized spacial score (nSPS) is 13.6. The summed E-state index contributed by atoms with van der Waals surface area (Å²) in [6.45, 7) is 2.61. The molecule has 3 aromatic carbocycles. The van der Waals surface area contributed by atoms with E-state index in [9.17, 15) is 9.59 Å². The third kappa shape index (κ3) is 8.66. The molecule has 0 heterocycles. The van der Waals surface area contributed by atoms with E-state index >= 15 is 0 Å². The van der Waals surface area contributed by atoms with Crippen LogP contribution in [0.25, 0.3) is 0 Å². The molecule has 0 saturated heterocycles. The number of amides is 2. The molecule has 0 aliphatic heterocycles. The van der Waals surface area contributed by atoms with Crippen LogP contribution in [0.2, 0.25) is 0 Å². The van der Waals surface area contributed by atoms with E-state index in [0.29, 0.717) is 18.7 Å². The van der Waals surface area contributed by atoms with E-state index in [4.69, 9.17) is 4.74 Å². The number of hydrogen-bond acceptors (Lipinski definition) is 4. The van der Waals surface area contributed by atoms with Crippen LogP contribution in [0.4, 0.5) is 10.5 Å². The predicted octanol–water partition coefficient (Wildman–Crippen LogP) is 8.02. The van der Waals surface area contributed by atoms with Gasteiger partial charge in [-0.15, -0.1) is 0 Å². The van der Waals surface area contributed by atoms with Crippen molar-refractivity contribution < 1.29 is 14.3 Å². The summed E-state index contributed by atoms with van der Waals surface area (Å²) in [6, 6.07) is 26.4. The number of aryl methyl sites for hydroxylation is 1. The van der Waals surface area contributed by atoms with Crippen molar-refractivity contribution in [1.29, 1.82) is 0 Å². The van der Waals surface area contributed by atoms with Gasteiger partial charge in [0, 0.05) is 34.5 Å². The van der Waals surface area contributed by atoms with Crippen molar-refractivity contribution in [2.45, 2.75) is 80.5 Å². The van der Waals surface area contributed by atoms with Gasteiger partial charge in [-0.3, -0.25) is 9.69 Å². The smallest absolute Gasteiger partial charge is 0.322 e. The molecule has 0 atom stereocenters. The maximum absolute atomic E-state index is 13.5. The van der Waals surface area contributed by atoms with E-state index in [1.165, 1.54) is 24.8 Å². The van der Waals surface area contributed by atoms with Crippen LogP contribution in [0.1, 0.15) is 63.9 Å². The first-order chi connectivity index (χ1) is 18.6. The number of carbonyl (C=O) groups excluding carboxylic acids is 2. The van der Waals surface area contributed by atoms with Gasteiger partial charge in [0.05, 0.1) is 0 Å². The number of nitrogens with one attached hydrogen (secondary N) is 1. The Balaban J connectivity index is 1.44. The zero-order valence-corrected chi connectivity index (χ0v) is 23.1. The Morgan fingerprint density at radius 3 is 2.42 bits per heavy atom. The maximum atomic E-state index is 13.5. The zero-order valence-electron chi connectivity index (χ0n) is 22.2. The molecule has 0 aromatic heterocycles. The van der Waals surface area contributed by atoms with Gasteiger partial charge in [-0.1, -0.05) is 74.3 Å². The molecule has 5 nitrogen and oxygen atoms in total. The molecule has 1 fully saturated rings. The second-order valence-corrected chi connectivity index (χ2v) is 11.0. The number of nitrogens with zero attached hydrogens (tertiary/aromatic N) is 1. The SMILES string of the molecule is CCCC(=O)Oc1ccc(Sc2cccc(N(CCCc3ccccc3)C(=O)NC3CCCCC3)c2)cc1. The standard InChI is InChI=1S/C32H38N2O3S/c1-2-11-31(35)37-28-19-21-29(22-20-28)38-30-18-9-17-27(24-30)34(23-10-14-25-12-5-3-6-13-25)32(36)33-26-15-7-4-8-16-26/h3,5-6,9,12-13,17-22,24,26H,2,4,7-8,10-11,14-16,23H2,1H3,(H,33,36). The van der Waals surface area contributed by atoms with Crippen LogP contribution in [0.15, 0.2) is 88.7 Å². The molecule has 1 saturated carbocycles. The summed E-state index contributed by atoms with van der Waals surface area (Å²) < 4.78 is 5.37. The van der Waals surface area contributed by atoms with Gasteiger partial charge >= 0.3 is 12.0 Å². The molecule has 1 aliphatic carbocycles. The highest BCUT2D eigenvalue weighted by Gasteiger charge is 2.21. The van der Waals surface area contributed by atoms with Crippen LogP contribution < -0.4 is 15.0 Å². The number of esters is 1. The fourth-order valence-electron chi connectivity index (χ4n) is 4.75. The van der Waals surface area contributed by atoms with Crippen molar-refractivity contribution in [1.82, 2.24) is 5.32 Å². The molecule has 4 rings (SSSR count). The van der Waals surface area contributed by atoms with E-state index < -0.39 is 0 Å². The average molecular weight is 531 g/mol. The van der Waals surface area contributed by atoms with Crippen molar-refractivity contribution in [3.8, 4) is 5.75 Å². The van der Waals surface area contributed by atoms with Crippen LogP contribution in [0.5, 0.6) is 5.75 Å². The van der Waals surface area contributed by atoms with Gasteiger partial charge in [0.2, 0.25) is 0 Å². The minimum absolute atomic E-state index is 0.00893. The first kappa shape index (κ1) is 27.8. The summed E-state index contributed by atoms with van der Waals surface area (Å²) in [5.41, 5.74) is 2.19. The second kappa shape index (κ2) is 14.6. The van der Waals surface area contributed by atoms with Crippen molar-refractivity contribution >= 4 is 29.4 Å². The van der Waals surface area contributed by atoms with E-state index in [1.54, 1.807) is 11.8 Å². The van der Waals surface area contributed by atoms with Crippen LogP contribution in [0.3, 0.4) is 0 Å². The first-order valence-electron chi connectivity index (χ1n) is 13.8. The molecule has 6 heteroatoms. The average Bonchev–Trinajstić information content (AvgIpc) is 2.93. The van der Waals surface area contributed by atoms with Crippen molar-refractivity contribution in [2.75, 3.05) is 11.4 Å². The largest absolute Gasteiger partial charge is 0.427 e. The summed E-state index contributed by atoms with van der Waals surface area (Å²) in [6.07, 6.45) is 8.74. The van der Waals surface area contributed by atoms with Crippen LogP contribution in [-0.4, -0.2) is 24.6 Å². The molecule has 0 spiro atoms. The quantitative estimate of drug-likeness (QED) is 0.201. The van der Waals surface area contributed by atoms with Crippen LogP contribution >= 0.6 is 11.8 Å². The summed E-state index contributed by atoms with van der Waals surface area (Å²) in [5.74, 6) is 0.352. The highest BCUT2D eigenvalue weighted by Crippen LogP contribution is 2.32. The Hall–Kier alpha value is -3.25. The number of anilines is 1. The topological polar surface area (TPSA) is 58.6 Å². The Morgan fingerprint density at radius 1 is 0.921 bits per heavy atom. The highest BCUT2D eigenvalue weighted by molar-refractivity contribution is 7.99. The molecule has 38 heavy (non-hydrogen) atoms. The molecule has 0 radical (unpaired) electrons. The number of carbonyl (C=O) groups is 2. The molecule has 3 aromatic rings. The molecule has 1 N–H and O–H groups in total. The third-order valence-electron chi connectivity index (χ3n) is 6.74. The zero-order chi connectivity index (χ0) is 26.6. The summed E-state index contributed by atoms with van der Waals surface area (Å²) in [7, 11) is 0. The Morgan fingerprint density at radius 2 is 1.68 bits per heavy atom. The van der Waals surface area contributed by atoms with E-state index in [2.05, 4.69) is 41.7 Å². The fraction of sp³-hybridized carbons (Fsp3) is 0.375. The van der Waals surface area contributed by atoms with Crippen LogP contribution in [0, 0.1) is 0 Å². The number of hydrogen-bond donors (Lipinski definition) is 1. The van der Waals surface area contributed by atoms with Gasteiger partial charge in [-0.2, -0.15) is 0 Å². The summed E-state index contributed by atoms with van der Waals surface area (Å²) in [5, 5.41) is 3.30. The second-order valence-electron chi connectivity index (χ2n) is 9.82. The molecule has 0 bridgehead atoms. The minimum atomic E-state index is -0.209. The molecular weight excluding hydrogens is 492 g/mol. The lowest BCUT2D eigenvalue weighted by Crippen LogP contribution is -2.46. The molecule has 1 aliphatic rings.